The van der Waals surface area contributed by atoms with E-state index in [4.69, 9.17) is 4.74 Å². The van der Waals surface area contributed by atoms with E-state index in [2.05, 4.69) is 22.1 Å². The summed E-state index contributed by atoms with van der Waals surface area (Å²) in [5, 5.41) is 4.50. The highest BCUT2D eigenvalue weighted by atomic mass is 16.5. The zero-order chi connectivity index (χ0) is 17.4. The van der Waals surface area contributed by atoms with Crippen molar-refractivity contribution in [1.82, 2.24) is 14.7 Å². The molecule has 25 heavy (non-hydrogen) atoms. The summed E-state index contributed by atoms with van der Waals surface area (Å²) in [6, 6.07) is 8.10. The number of aromatic nitrogens is 2. The van der Waals surface area contributed by atoms with Crippen LogP contribution in [0.4, 0.5) is 5.69 Å². The molecule has 4 rings (SSSR count). The van der Waals surface area contributed by atoms with Gasteiger partial charge in [-0.25, -0.2) is 0 Å². The second-order valence-corrected chi connectivity index (χ2v) is 6.73. The number of hydrogen-bond donors (Lipinski definition) is 0. The van der Waals surface area contributed by atoms with Gasteiger partial charge in [0.25, 0.3) is 5.91 Å². The van der Waals surface area contributed by atoms with Gasteiger partial charge in [0.1, 0.15) is 5.75 Å². The Morgan fingerprint density at radius 1 is 1.08 bits per heavy atom. The maximum Gasteiger partial charge on any atom is 0.274 e. The number of carbonyl (C=O) groups is 1. The summed E-state index contributed by atoms with van der Waals surface area (Å²) in [6.45, 7) is 3.15. The zero-order valence-corrected chi connectivity index (χ0v) is 14.9. The second kappa shape index (κ2) is 6.43. The summed E-state index contributed by atoms with van der Waals surface area (Å²) >= 11 is 0. The number of benzene rings is 1. The highest BCUT2D eigenvalue weighted by Crippen LogP contribution is 2.26. The SMILES string of the molecule is COc1ccc(N2CCN(C(=O)c3nn(C)c4c3CCC4)CC2)cc1. The predicted octanol–water partition coefficient (Wildman–Crippen LogP) is 1.88. The predicted molar refractivity (Wildman–Crippen MR) is 96.3 cm³/mol. The molecule has 1 aromatic carbocycles. The average Bonchev–Trinajstić information content (AvgIpc) is 3.26. The Hall–Kier alpha value is -2.50. The number of carbonyl (C=O) groups excluding carboxylic acids is 1. The molecule has 6 nitrogen and oxygen atoms in total. The summed E-state index contributed by atoms with van der Waals surface area (Å²) in [6.07, 6.45) is 3.15. The fourth-order valence-corrected chi connectivity index (χ4v) is 3.89. The van der Waals surface area contributed by atoms with Crippen LogP contribution in [0, 0.1) is 0 Å². The minimum Gasteiger partial charge on any atom is -0.497 e. The van der Waals surface area contributed by atoms with Gasteiger partial charge in [-0.2, -0.15) is 5.10 Å². The van der Waals surface area contributed by atoms with Crippen LogP contribution < -0.4 is 9.64 Å². The molecule has 1 amide bonds. The Bertz CT molecular complexity index is 773. The van der Waals surface area contributed by atoms with Crippen molar-refractivity contribution in [1.29, 1.82) is 0 Å². The van der Waals surface area contributed by atoms with Crippen molar-refractivity contribution in [2.45, 2.75) is 19.3 Å². The van der Waals surface area contributed by atoms with Gasteiger partial charge < -0.3 is 14.5 Å². The molecule has 1 aliphatic heterocycles. The van der Waals surface area contributed by atoms with Crippen LogP contribution in [-0.4, -0.2) is 53.9 Å². The first-order valence-electron chi connectivity index (χ1n) is 8.90. The summed E-state index contributed by atoms with van der Waals surface area (Å²) < 4.78 is 7.10. The van der Waals surface area contributed by atoms with Gasteiger partial charge in [0.05, 0.1) is 7.11 Å². The molecule has 2 heterocycles. The molecule has 2 aliphatic rings. The maximum atomic E-state index is 12.9. The van der Waals surface area contributed by atoms with Crippen LogP contribution >= 0.6 is 0 Å². The highest BCUT2D eigenvalue weighted by molar-refractivity contribution is 5.94. The van der Waals surface area contributed by atoms with Gasteiger partial charge in [-0.15, -0.1) is 0 Å². The fraction of sp³-hybridized carbons (Fsp3) is 0.474. The van der Waals surface area contributed by atoms with E-state index in [1.807, 2.05) is 28.8 Å². The zero-order valence-electron chi connectivity index (χ0n) is 14.9. The number of fused-ring (bicyclic) bond motifs is 1. The van der Waals surface area contributed by atoms with E-state index in [1.54, 1.807) is 7.11 Å². The van der Waals surface area contributed by atoms with E-state index >= 15 is 0 Å². The van der Waals surface area contributed by atoms with Crippen LogP contribution in [0.3, 0.4) is 0 Å². The van der Waals surface area contributed by atoms with Crippen molar-refractivity contribution in [3.05, 3.63) is 41.2 Å². The molecule has 1 saturated heterocycles. The van der Waals surface area contributed by atoms with Crippen molar-refractivity contribution in [2.75, 3.05) is 38.2 Å². The van der Waals surface area contributed by atoms with Crippen LogP contribution in [0.2, 0.25) is 0 Å². The first-order chi connectivity index (χ1) is 12.2. The van der Waals surface area contributed by atoms with Crippen molar-refractivity contribution in [2.24, 2.45) is 7.05 Å². The Kier molecular flexibility index (Phi) is 4.11. The van der Waals surface area contributed by atoms with Crippen LogP contribution in [0.5, 0.6) is 5.75 Å². The number of anilines is 1. The minimum absolute atomic E-state index is 0.0909. The number of ether oxygens (including phenoxy) is 1. The molecule has 0 saturated carbocycles. The number of rotatable bonds is 3. The fourth-order valence-electron chi connectivity index (χ4n) is 3.89. The molecule has 0 radical (unpaired) electrons. The molecule has 0 spiro atoms. The first kappa shape index (κ1) is 16.0. The van der Waals surface area contributed by atoms with E-state index in [1.165, 1.54) is 16.9 Å². The molecule has 1 aliphatic carbocycles. The van der Waals surface area contributed by atoms with Crippen LogP contribution in [0.25, 0.3) is 0 Å². The summed E-state index contributed by atoms with van der Waals surface area (Å²) in [5.74, 6) is 0.953. The van der Waals surface area contributed by atoms with Crippen molar-refractivity contribution in [3.63, 3.8) is 0 Å². The van der Waals surface area contributed by atoms with Crippen molar-refractivity contribution >= 4 is 11.6 Å². The number of aryl methyl sites for hydroxylation is 1. The van der Waals surface area contributed by atoms with Crippen LogP contribution in [-0.2, 0) is 19.9 Å². The Labute approximate surface area is 148 Å². The second-order valence-electron chi connectivity index (χ2n) is 6.73. The average molecular weight is 340 g/mol. The Morgan fingerprint density at radius 3 is 2.48 bits per heavy atom. The lowest BCUT2D eigenvalue weighted by atomic mass is 10.1. The van der Waals surface area contributed by atoms with Crippen molar-refractivity contribution < 1.29 is 9.53 Å². The summed E-state index contributed by atoms with van der Waals surface area (Å²) in [5.41, 5.74) is 4.25. The molecular weight excluding hydrogens is 316 g/mol. The quantitative estimate of drug-likeness (QED) is 0.856. The number of piperazine rings is 1. The van der Waals surface area contributed by atoms with E-state index in [0.717, 1.165) is 51.2 Å². The summed E-state index contributed by atoms with van der Waals surface area (Å²) in [7, 11) is 3.62. The number of nitrogens with zero attached hydrogens (tertiary/aromatic N) is 4. The molecule has 0 unspecified atom stereocenters. The third-order valence-corrected chi connectivity index (χ3v) is 5.32. The molecule has 1 fully saturated rings. The molecule has 0 atom stereocenters. The standard InChI is InChI=1S/C19H24N4O2/c1-21-17-5-3-4-16(17)18(20-21)19(24)23-12-10-22(11-13-23)14-6-8-15(25-2)9-7-14/h6-9H,3-5,10-13H2,1-2H3. The first-order valence-corrected chi connectivity index (χ1v) is 8.90. The molecule has 0 bridgehead atoms. The van der Waals surface area contributed by atoms with Gasteiger partial charge in [-0.3, -0.25) is 9.48 Å². The monoisotopic (exact) mass is 340 g/mol. The highest BCUT2D eigenvalue weighted by Gasteiger charge is 2.29. The van der Waals surface area contributed by atoms with Gasteiger partial charge in [0.2, 0.25) is 0 Å². The topological polar surface area (TPSA) is 50.6 Å². The lowest BCUT2D eigenvalue weighted by Crippen LogP contribution is -2.49. The number of amides is 1. The van der Waals surface area contributed by atoms with Gasteiger partial charge in [0, 0.05) is 50.2 Å². The largest absolute Gasteiger partial charge is 0.497 e. The third kappa shape index (κ3) is 2.86. The maximum absolute atomic E-state index is 12.9. The van der Waals surface area contributed by atoms with Crippen LogP contribution in [0.1, 0.15) is 28.2 Å². The Balaban J connectivity index is 1.43. The molecule has 2 aromatic rings. The molecule has 6 heteroatoms. The van der Waals surface area contributed by atoms with Gasteiger partial charge in [-0.1, -0.05) is 0 Å². The van der Waals surface area contributed by atoms with E-state index in [-0.39, 0.29) is 5.91 Å². The lowest BCUT2D eigenvalue weighted by Gasteiger charge is -2.36. The minimum atomic E-state index is 0.0909. The van der Waals surface area contributed by atoms with Gasteiger partial charge in [0.15, 0.2) is 5.69 Å². The van der Waals surface area contributed by atoms with E-state index in [0.29, 0.717) is 5.69 Å². The number of methoxy groups -OCH3 is 1. The molecule has 132 valence electrons. The normalized spacial score (nSPS) is 16.9. The molecular formula is C19H24N4O2. The Morgan fingerprint density at radius 2 is 1.80 bits per heavy atom. The summed E-state index contributed by atoms with van der Waals surface area (Å²) in [4.78, 5) is 17.2. The van der Waals surface area contributed by atoms with E-state index in [9.17, 15) is 4.79 Å². The lowest BCUT2D eigenvalue weighted by molar-refractivity contribution is 0.0739. The molecule has 1 aromatic heterocycles. The number of hydrogen-bond acceptors (Lipinski definition) is 4. The van der Waals surface area contributed by atoms with Gasteiger partial charge in [-0.05, 0) is 43.5 Å². The smallest absolute Gasteiger partial charge is 0.274 e. The third-order valence-electron chi connectivity index (χ3n) is 5.32. The van der Waals surface area contributed by atoms with Crippen LogP contribution in [0.15, 0.2) is 24.3 Å². The molecule has 0 N–H and O–H groups in total. The van der Waals surface area contributed by atoms with Crippen molar-refractivity contribution in [3.8, 4) is 5.75 Å². The van der Waals surface area contributed by atoms with E-state index < -0.39 is 0 Å². The van der Waals surface area contributed by atoms with Gasteiger partial charge >= 0.3 is 0 Å².